The molecular formula is C11H12N2S. The molecular weight excluding hydrogens is 192 g/mol. The fourth-order valence-electron chi connectivity index (χ4n) is 1.42. The van der Waals surface area contributed by atoms with Gasteiger partial charge in [0.1, 0.15) is 0 Å². The molecule has 1 saturated heterocycles. The molecule has 0 aliphatic carbocycles. The van der Waals surface area contributed by atoms with Crippen molar-refractivity contribution in [3.8, 4) is 6.07 Å². The van der Waals surface area contributed by atoms with Crippen molar-refractivity contribution >= 4 is 17.4 Å². The summed E-state index contributed by atoms with van der Waals surface area (Å²) in [4.78, 5) is 0. The molecule has 3 heteroatoms. The van der Waals surface area contributed by atoms with E-state index in [4.69, 9.17) is 5.26 Å². The van der Waals surface area contributed by atoms with Crippen LogP contribution in [0, 0.1) is 11.3 Å². The maximum absolute atomic E-state index is 8.58. The Morgan fingerprint density at radius 1 is 1.50 bits per heavy atom. The number of hydrogen-bond acceptors (Lipinski definition) is 3. The highest BCUT2D eigenvalue weighted by Crippen LogP contribution is 2.22. The van der Waals surface area contributed by atoms with Gasteiger partial charge in [-0.25, -0.2) is 0 Å². The maximum Gasteiger partial charge on any atom is 0.0669 e. The summed E-state index contributed by atoms with van der Waals surface area (Å²) in [6.45, 7) is 0. The monoisotopic (exact) mass is 204 g/mol. The van der Waals surface area contributed by atoms with Crippen LogP contribution in [-0.4, -0.2) is 17.5 Å². The summed E-state index contributed by atoms with van der Waals surface area (Å²) in [6, 6.07) is 10.9. The number of rotatable bonds is 3. The molecule has 0 atom stereocenters. The Hall–Kier alpha value is -1.14. The minimum absolute atomic E-state index is 0.495. The zero-order valence-electron chi connectivity index (χ0n) is 7.86. The lowest BCUT2D eigenvalue weighted by Crippen LogP contribution is -2.33. The third-order valence-electron chi connectivity index (χ3n) is 2.22. The fourth-order valence-corrected chi connectivity index (χ4v) is 2.06. The van der Waals surface area contributed by atoms with Gasteiger partial charge in [-0.05, 0) is 17.7 Å². The summed E-state index contributed by atoms with van der Waals surface area (Å²) < 4.78 is 0. The third kappa shape index (κ3) is 2.21. The molecule has 1 heterocycles. The maximum atomic E-state index is 8.58. The Morgan fingerprint density at radius 3 is 3.00 bits per heavy atom. The van der Waals surface area contributed by atoms with Crippen molar-refractivity contribution in [1.29, 1.82) is 5.26 Å². The highest BCUT2D eigenvalue weighted by molar-refractivity contribution is 8.00. The fraction of sp³-hybridized carbons (Fsp3) is 0.364. The number of nitriles is 1. The van der Waals surface area contributed by atoms with E-state index in [1.807, 2.05) is 23.9 Å². The Balaban J connectivity index is 2.02. The van der Waals surface area contributed by atoms with Crippen LogP contribution in [-0.2, 0) is 6.42 Å². The van der Waals surface area contributed by atoms with Crippen LogP contribution in [0.1, 0.15) is 5.56 Å². The van der Waals surface area contributed by atoms with Crippen LogP contribution in [0.5, 0.6) is 0 Å². The van der Waals surface area contributed by atoms with Crippen molar-refractivity contribution in [2.24, 2.45) is 0 Å². The van der Waals surface area contributed by atoms with Gasteiger partial charge in [0, 0.05) is 23.2 Å². The topological polar surface area (TPSA) is 35.8 Å². The first kappa shape index (κ1) is 9.42. The normalized spacial score (nSPS) is 15.6. The van der Waals surface area contributed by atoms with Crippen molar-refractivity contribution in [1.82, 2.24) is 0 Å². The van der Waals surface area contributed by atoms with E-state index in [1.54, 1.807) is 0 Å². The summed E-state index contributed by atoms with van der Waals surface area (Å²) in [5.41, 5.74) is 2.23. The van der Waals surface area contributed by atoms with Gasteiger partial charge in [0.2, 0.25) is 0 Å². The number of nitrogens with one attached hydrogen (secondary N) is 1. The number of hydrogen-bond donors (Lipinski definition) is 1. The van der Waals surface area contributed by atoms with Crippen molar-refractivity contribution in [2.75, 3.05) is 16.8 Å². The molecule has 2 rings (SSSR count). The summed E-state index contributed by atoms with van der Waals surface area (Å²) in [5.74, 6) is 2.39. The Labute approximate surface area is 88.3 Å². The van der Waals surface area contributed by atoms with E-state index in [0.29, 0.717) is 12.5 Å². The summed E-state index contributed by atoms with van der Waals surface area (Å²) in [7, 11) is 0. The lowest BCUT2D eigenvalue weighted by molar-refractivity contribution is 0.882. The predicted molar refractivity (Wildman–Crippen MR) is 60.5 cm³/mol. The van der Waals surface area contributed by atoms with E-state index in [9.17, 15) is 0 Å². The second-order valence-corrected chi connectivity index (χ2v) is 4.49. The first-order valence-corrected chi connectivity index (χ1v) is 5.84. The van der Waals surface area contributed by atoms with E-state index >= 15 is 0 Å². The Morgan fingerprint density at radius 2 is 2.36 bits per heavy atom. The standard InChI is InChI=1S/C11H12N2S/c12-5-4-9-2-1-3-10(6-9)13-11-7-14-8-11/h1-3,6,11,13H,4,7-8H2. The van der Waals surface area contributed by atoms with Crippen molar-refractivity contribution in [3.05, 3.63) is 29.8 Å². The lowest BCUT2D eigenvalue weighted by Gasteiger charge is -2.27. The highest BCUT2D eigenvalue weighted by Gasteiger charge is 2.17. The molecule has 2 nitrogen and oxygen atoms in total. The zero-order valence-corrected chi connectivity index (χ0v) is 8.68. The van der Waals surface area contributed by atoms with Crippen LogP contribution in [0.3, 0.4) is 0 Å². The molecule has 14 heavy (non-hydrogen) atoms. The number of nitrogens with zero attached hydrogens (tertiary/aromatic N) is 1. The van der Waals surface area contributed by atoms with Gasteiger partial charge in [-0.3, -0.25) is 0 Å². The molecule has 1 fully saturated rings. The van der Waals surface area contributed by atoms with Gasteiger partial charge in [-0.15, -0.1) is 0 Å². The predicted octanol–water partition coefficient (Wildman–Crippen LogP) is 2.28. The van der Waals surface area contributed by atoms with Gasteiger partial charge in [0.05, 0.1) is 12.5 Å². The van der Waals surface area contributed by atoms with Gasteiger partial charge in [0.15, 0.2) is 0 Å². The van der Waals surface area contributed by atoms with E-state index < -0.39 is 0 Å². The zero-order chi connectivity index (χ0) is 9.80. The first-order chi connectivity index (χ1) is 6.88. The second kappa shape index (κ2) is 4.39. The Kier molecular flexibility index (Phi) is 2.95. The molecule has 1 N–H and O–H groups in total. The molecule has 0 unspecified atom stereocenters. The van der Waals surface area contributed by atoms with Crippen LogP contribution < -0.4 is 5.32 Å². The third-order valence-corrected chi connectivity index (χ3v) is 3.50. The summed E-state index contributed by atoms with van der Waals surface area (Å²) in [6.07, 6.45) is 0.495. The molecule has 1 aliphatic rings. The quantitative estimate of drug-likeness (QED) is 0.820. The average molecular weight is 204 g/mol. The molecule has 1 aromatic carbocycles. The van der Waals surface area contributed by atoms with Crippen molar-refractivity contribution in [3.63, 3.8) is 0 Å². The highest BCUT2D eigenvalue weighted by atomic mass is 32.2. The smallest absolute Gasteiger partial charge is 0.0669 e. The number of benzene rings is 1. The Bertz CT molecular complexity index is 353. The largest absolute Gasteiger partial charge is 0.381 e. The van der Waals surface area contributed by atoms with E-state index in [0.717, 1.165) is 11.3 Å². The SMILES string of the molecule is N#CCc1cccc(NC2CSC2)c1. The van der Waals surface area contributed by atoms with Gasteiger partial charge in [0.25, 0.3) is 0 Å². The minimum atomic E-state index is 0.495. The van der Waals surface area contributed by atoms with Gasteiger partial charge >= 0.3 is 0 Å². The van der Waals surface area contributed by atoms with Crippen LogP contribution in [0.15, 0.2) is 24.3 Å². The molecule has 1 aromatic rings. The van der Waals surface area contributed by atoms with Crippen LogP contribution in [0.25, 0.3) is 0 Å². The molecule has 72 valence electrons. The minimum Gasteiger partial charge on any atom is -0.381 e. The van der Waals surface area contributed by atoms with Crippen LogP contribution >= 0.6 is 11.8 Å². The lowest BCUT2D eigenvalue weighted by atomic mass is 10.1. The van der Waals surface area contributed by atoms with E-state index in [-0.39, 0.29) is 0 Å². The molecule has 0 amide bonds. The first-order valence-electron chi connectivity index (χ1n) is 4.68. The van der Waals surface area contributed by atoms with Crippen molar-refractivity contribution < 1.29 is 0 Å². The number of thioether (sulfide) groups is 1. The molecule has 0 saturated carbocycles. The van der Waals surface area contributed by atoms with Gasteiger partial charge < -0.3 is 5.32 Å². The van der Waals surface area contributed by atoms with Crippen LogP contribution in [0.4, 0.5) is 5.69 Å². The average Bonchev–Trinajstić information content (AvgIpc) is 2.13. The van der Waals surface area contributed by atoms with E-state index in [2.05, 4.69) is 23.5 Å². The summed E-state index contributed by atoms with van der Waals surface area (Å²) >= 11 is 1.96. The van der Waals surface area contributed by atoms with Crippen molar-refractivity contribution in [2.45, 2.75) is 12.5 Å². The second-order valence-electron chi connectivity index (χ2n) is 3.41. The molecule has 0 aromatic heterocycles. The van der Waals surface area contributed by atoms with Gasteiger partial charge in [-0.1, -0.05) is 12.1 Å². The molecule has 1 aliphatic heterocycles. The molecule has 0 bridgehead atoms. The molecule has 0 radical (unpaired) electrons. The van der Waals surface area contributed by atoms with Gasteiger partial charge in [-0.2, -0.15) is 17.0 Å². The van der Waals surface area contributed by atoms with Crippen LogP contribution in [0.2, 0.25) is 0 Å². The van der Waals surface area contributed by atoms with E-state index in [1.165, 1.54) is 11.5 Å². The number of anilines is 1. The summed E-state index contributed by atoms with van der Waals surface area (Å²) in [5, 5.41) is 12.0. The molecule has 0 spiro atoms.